The number of hydrogen-bond donors (Lipinski definition) is 2. The van der Waals surface area contributed by atoms with Gasteiger partial charge in [-0.3, -0.25) is 4.79 Å². The molecule has 0 bridgehead atoms. The predicted molar refractivity (Wildman–Crippen MR) is 116 cm³/mol. The molecule has 2 aromatic rings. The first kappa shape index (κ1) is 25.5. The number of aliphatic hydroxyl groups is 2. The van der Waals surface area contributed by atoms with Gasteiger partial charge in [-0.05, 0) is 31.9 Å². The Balaban J connectivity index is 2.18. The highest BCUT2D eigenvalue weighted by atomic mass is 35.5. The fraction of sp³-hybridized carbons (Fsp3) is 0.444. The lowest BCUT2D eigenvalue weighted by molar-refractivity contribution is -0.312. The maximum Gasteiger partial charge on any atom is 0.327 e. The summed E-state index contributed by atoms with van der Waals surface area (Å²) in [6, 6.07) is 1.95. The van der Waals surface area contributed by atoms with Crippen LogP contribution in [0.3, 0.4) is 0 Å². The van der Waals surface area contributed by atoms with Crippen molar-refractivity contribution in [2.45, 2.75) is 49.8 Å². The Morgan fingerprint density at radius 1 is 1.13 bits per heavy atom. The number of benzene rings is 1. The lowest BCUT2D eigenvalue weighted by atomic mass is 9.61. The third-order valence-corrected chi connectivity index (χ3v) is 4.53. The molecule has 0 aliphatic carbocycles. The molecule has 2 N–H and O–H groups in total. The van der Waals surface area contributed by atoms with E-state index in [1.807, 2.05) is 0 Å². The minimum atomic E-state index is -3.95. The molecule has 0 unspecified atom stereocenters. The van der Waals surface area contributed by atoms with Crippen molar-refractivity contribution in [3.8, 4) is 5.75 Å². The van der Waals surface area contributed by atoms with Crippen molar-refractivity contribution in [3.05, 3.63) is 57.0 Å². The maximum absolute atomic E-state index is 13.1. The third kappa shape index (κ3) is 5.94. The van der Waals surface area contributed by atoms with Gasteiger partial charge in [-0.2, -0.15) is 9.49 Å². The number of aromatic nitrogens is 2. The summed E-state index contributed by atoms with van der Waals surface area (Å²) in [5, 5.41) is 16.8. The summed E-state index contributed by atoms with van der Waals surface area (Å²) in [5.41, 5.74) is -0.462. The van der Waals surface area contributed by atoms with Crippen LogP contribution in [0.2, 0.25) is 5.02 Å². The second-order valence-electron chi connectivity index (χ2n) is 7.97. The van der Waals surface area contributed by atoms with Crippen LogP contribution in [0.4, 0.5) is 4.39 Å². The van der Waals surface area contributed by atoms with Gasteiger partial charge in [-0.25, -0.2) is 4.68 Å². The Bertz CT molecular complexity index is 988. The summed E-state index contributed by atoms with van der Waals surface area (Å²) in [6.07, 6.45) is 1.24. The van der Waals surface area contributed by atoms with Crippen molar-refractivity contribution in [1.82, 2.24) is 9.78 Å². The molecule has 1 heterocycles. The number of hydrogen-bond acceptors (Lipinski definition) is 6. The molecule has 7 nitrogen and oxygen atoms in total. The van der Waals surface area contributed by atoms with Gasteiger partial charge in [0.15, 0.2) is 10.8 Å². The highest BCUT2D eigenvalue weighted by Crippen LogP contribution is 2.28. The highest BCUT2D eigenvalue weighted by Gasteiger charge is 2.42. The molecule has 0 spiro atoms. The number of ether oxygens (including phenoxy) is 2. The van der Waals surface area contributed by atoms with Gasteiger partial charge in [0, 0.05) is 5.40 Å². The van der Waals surface area contributed by atoms with Gasteiger partial charge in [0.25, 0.3) is 5.56 Å². The molecule has 0 fully saturated rings. The van der Waals surface area contributed by atoms with E-state index < -0.39 is 27.9 Å². The van der Waals surface area contributed by atoms with Crippen LogP contribution in [0.1, 0.15) is 31.9 Å². The van der Waals surface area contributed by atoms with E-state index in [2.05, 4.69) is 5.10 Å². The van der Waals surface area contributed by atoms with E-state index in [1.54, 1.807) is 20.8 Å². The molecule has 0 aliphatic heterocycles. The molecule has 31 heavy (non-hydrogen) atoms. The second kappa shape index (κ2) is 8.65. The highest BCUT2D eigenvalue weighted by molar-refractivity contribution is 6.40. The van der Waals surface area contributed by atoms with Crippen LogP contribution in [0.15, 0.2) is 35.3 Å². The van der Waals surface area contributed by atoms with Crippen LogP contribution >= 0.6 is 11.6 Å². The predicted octanol–water partition coefficient (Wildman–Crippen LogP) is 0.293. The summed E-state index contributed by atoms with van der Waals surface area (Å²) in [5.74, 6) is -0.106. The van der Waals surface area contributed by atoms with Gasteiger partial charge in [-0.15, -0.1) is 0 Å². The van der Waals surface area contributed by atoms with Crippen LogP contribution in [0, 0.1) is 0 Å². The van der Waals surface area contributed by atoms with Crippen molar-refractivity contribution >= 4 is 43.0 Å². The van der Waals surface area contributed by atoms with Crippen molar-refractivity contribution in [2.24, 2.45) is 0 Å². The zero-order valence-corrected chi connectivity index (χ0v) is 17.9. The molecule has 0 saturated heterocycles. The zero-order chi connectivity index (χ0) is 23.8. The van der Waals surface area contributed by atoms with Crippen molar-refractivity contribution in [3.63, 3.8) is 0 Å². The number of rotatable bonds is 7. The maximum atomic E-state index is 13.1. The average Bonchev–Trinajstić information content (AvgIpc) is 2.62. The molecular weight excluding hydrogens is 422 g/mol. The Kier molecular flexibility index (Phi) is 7.12. The van der Waals surface area contributed by atoms with E-state index >= 15 is 0 Å². The first-order chi connectivity index (χ1) is 14.0. The summed E-state index contributed by atoms with van der Waals surface area (Å²) >= 11 is 6.12. The SMILES string of the molecule is [B]C([B])(Oc1cnn(C(C)(C)C)c(=O)c1Cl)c1ccc(COC([B])([B])C(O)(O)F)cc1. The summed E-state index contributed by atoms with van der Waals surface area (Å²) in [6.45, 7) is 5.00. The van der Waals surface area contributed by atoms with Crippen molar-refractivity contribution in [2.75, 3.05) is 0 Å². The summed E-state index contributed by atoms with van der Waals surface area (Å²) < 4.78 is 24.6. The standard InChI is InChI=1S/C18H18B4ClFN2O5/c1-15(2,3)26-14(27)13(23)12(8-25-26)31-16(19,20)11-6-4-10(5-7-11)9-30-17(21,22)18(24,28)29/h4-8,28-29H,9H2,1-3H3. The number of nitrogens with zero attached hydrogens (tertiary/aromatic N) is 2. The van der Waals surface area contributed by atoms with Crippen LogP contribution < -0.4 is 10.3 Å². The van der Waals surface area contributed by atoms with E-state index in [-0.39, 0.29) is 22.9 Å². The minimum absolute atomic E-state index is 0.106. The first-order valence-electron chi connectivity index (χ1n) is 8.95. The minimum Gasteiger partial charge on any atom is -0.499 e. The Labute approximate surface area is 189 Å². The number of alkyl halides is 1. The molecule has 0 saturated carbocycles. The van der Waals surface area contributed by atoms with Crippen LogP contribution in [-0.4, -0.2) is 62.8 Å². The fourth-order valence-corrected chi connectivity index (χ4v) is 2.53. The lowest BCUT2D eigenvalue weighted by Crippen LogP contribution is -2.54. The lowest BCUT2D eigenvalue weighted by Gasteiger charge is -2.33. The molecule has 2 rings (SSSR count). The van der Waals surface area contributed by atoms with E-state index in [0.717, 1.165) is 0 Å². The summed E-state index contributed by atoms with van der Waals surface area (Å²) in [4.78, 5) is 12.4. The largest absolute Gasteiger partial charge is 0.499 e. The van der Waals surface area contributed by atoms with Gasteiger partial charge in [0.05, 0.1) is 23.7 Å². The second-order valence-corrected chi connectivity index (χ2v) is 8.35. The quantitative estimate of drug-likeness (QED) is 0.476. The Morgan fingerprint density at radius 2 is 1.68 bits per heavy atom. The third-order valence-electron chi connectivity index (χ3n) is 4.18. The molecule has 1 aromatic carbocycles. The van der Waals surface area contributed by atoms with Gasteiger partial charge >= 0.3 is 6.04 Å². The molecule has 0 amide bonds. The molecule has 8 radical (unpaired) electrons. The zero-order valence-electron chi connectivity index (χ0n) is 17.2. The summed E-state index contributed by atoms with van der Waals surface area (Å²) in [7, 11) is 22.4. The van der Waals surface area contributed by atoms with Gasteiger partial charge in [-0.1, -0.05) is 35.9 Å². The monoisotopic (exact) mass is 440 g/mol. The van der Waals surface area contributed by atoms with E-state index in [4.69, 9.17) is 62.7 Å². The van der Waals surface area contributed by atoms with Gasteiger partial charge in [0.1, 0.15) is 31.4 Å². The van der Waals surface area contributed by atoms with Crippen molar-refractivity contribution < 1.29 is 24.1 Å². The van der Waals surface area contributed by atoms with Gasteiger partial charge < -0.3 is 19.7 Å². The molecule has 156 valence electrons. The van der Waals surface area contributed by atoms with Crippen LogP contribution in [0.5, 0.6) is 5.75 Å². The Morgan fingerprint density at radius 3 is 2.16 bits per heavy atom. The molecule has 0 aliphatic rings. The normalized spacial score (nSPS) is 13.3. The topological polar surface area (TPSA) is 93.8 Å². The molecule has 1 aromatic heterocycles. The average molecular weight is 440 g/mol. The Hall–Kier alpha value is -1.74. The van der Waals surface area contributed by atoms with Crippen molar-refractivity contribution in [1.29, 1.82) is 0 Å². The molecular formula is C18H18B4ClFN2O5. The van der Waals surface area contributed by atoms with Gasteiger partial charge in [0.2, 0.25) is 0 Å². The van der Waals surface area contributed by atoms with E-state index in [1.165, 1.54) is 35.1 Å². The van der Waals surface area contributed by atoms with Crippen LogP contribution in [-0.2, 0) is 22.3 Å². The molecule has 0 atom stereocenters. The van der Waals surface area contributed by atoms with Crippen LogP contribution in [0.25, 0.3) is 0 Å². The number of halogens is 2. The fourth-order valence-electron chi connectivity index (χ4n) is 2.36. The van der Waals surface area contributed by atoms with E-state index in [9.17, 15) is 9.18 Å². The smallest absolute Gasteiger partial charge is 0.327 e. The van der Waals surface area contributed by atoms with E-state index in [0.29, 0.717) is 5.56 Å². The molecule has 13 heteroatoms. The first-order valence-corrected chi connectivity index (χ1v) is 9.33.